The van der Waals surface area contributed by atoms with E-state index in [1.54, 1.807) is 12.1 Å². The maximum Gasteiger partial charge on any atom is 0.307 e. The SMILES string of the molecule is Cc1ccc(S(=O)(=O)NCCC(=O)OCC(=O)NC2(C#N)CCCCC2)cc1C. The molecule has 1 aliphatic carbocycles. The Morgan fingerprint density at radius 3 is 2.48 bits per heavy atom. The molecular weight excluding hydrogens is 394 g/mol. The Morgan fingerprint density at radius 2 is 1.86 bits per heavy atom. The lowest BCUT2D eigenvalue weighted by molar-refractivity contribution is -0.148. The second-order valence-corrected chi connectivity index (χ2v) is 9.12. The summed E-state index contributed by atoms with van der Waals surface area (Å²) in [7, 11) is -3.73. The van der Waals surface area contributed by atoms with Crippen LogP contribution in [0.25, 0.3) is 0 Å². The van der Waals surface area contributed by atoms with Crippen molar-refractivity contribution in [1.82, 2.24) is 10.0 Å². The molecule has 0 spiro atoms. The molecule has 1 amide bonds. The number of sulfonamides is 1. The van der Waals surface area contributed by atoms with Gasteiger partial charge in [0.25, 0.3) is 5.91 Å². The van der Waals surface area contributed by atoms with Gasteiger partial charge in [0.05, 0.1) is 17.4 Å². The molecule has 0 saturated heterocycles. The highest BCUT2D eigenvalue weighted by molar-refractivity contribution is 7.89. The van der Waals surface area contributed by atoms with Gasteiger partial charge in [-0.05, 0) is 49.9 Å². The number of rotatable bonds is 8. The molecule has 0 unspecified atom stereocenters. The molecule has 0 atom stereocenters. The van der Waals surface area contributed by atoms with Gasteiger partial charge in [-0.2, -0.15) is 5.26 Å². The zero-order valence-corrected chi connectivity index (χ0v) is 17.6. The topological polar surface area (TPSA) is 125 Å². The van der Waals surface area contributed by atoms with Gasteiger partial charge < -0.3 is 10.1 Å². The number of nitriles is 1. The van der Waals surface area contributed by atoms with E-state index in [4.69, 9.17) is 4.74 Å². The third-order valence-corrected chi connectivity index (χ3v) is 6.53. The first-order valence-corrected chi connectivity index (χ1v) is 11.1. The quantitative estimate of drug-likeness (QED) is 0.617. The Morgan fingerprint density at radius 1 is 1.17 bits per heavy atom. The number of ether oxygens (including phenoxy) is 1. The summed E-state index contributed by atoms with van der Waals surface area (Å²) >= 11 is 0. The lowest BCUT2D eigenvalue weighted by Crippen LogP contribution is -2.50. The Kier molecular flexibility index (Phi) is 7.76. The predicted octanol–water partition coefficient (Wildman–Crippen LogP) is 1.86. The van der Waals surface area contributed by atoms with Crippen LogP contribution in [0, 0.1) is 25.2 Å². The van der Waals surface area contributed by atoms with E-state index < -0.39 is 34.0 Å². The Bertz CT molecular complexity index is 899. The highest BCUT2D eigenvalue weighted by Crippen LogP contribution is 2.27. The van der Waals surface area contributed by atoms with Gasteiger partial charge >= 0.3 is 5.97 Å². The first-order chi connectivity index (χ1) is 13.7. The number of nitrogens with one attached hydrogen (secondary N) is 2. The number of carbonyl (C=O) groups is 2. The molecule has 158 valence electrons. The molecule has 1 aromatic rings. The minimum Gasteiger partial charge on any atom is -0.456 e. The van der Waals surface area contributed by atoms with Crippen molar-refractivity contribution < 1.29 is 22.7 Å². The lowest BCUT2D eigenvalue weighted by Gasteiger charge is -2.31. The molecule has 0 aliphatic heterocycles. The average molecular weight is 422 g/mol. The fraction of sp³-hybridized carbons (Fsp3) is 0.550. The minimum atomic E-state index is -3.73. The van der Waals surface area contributed by atoms with Crippen LogP contribution in [-0.2, 0) is 24.3 Å². The second-order valence-electron chi connectivity index (χ2n) is 7.36. The summed E-state index contributed by atoms with van der Waals surface area (Å²) in [5.41, 5.74) is 0.951. The lowest BCUT2D eigenvalue weighted by atomic mass is 9.83. The van der Waals surface area contributed by atoms with Gasteiger partial charge in [0, 0.05) is 6.54 Å². The van der Waals surface area contributed by atoms with E-state index in [2.05, 4.69) is 16.1 Å². The summed E-state index contributed by atoms with van der Waals surface area (Å²) < 4.78 is 31.8. The fourth-order valence-electron chi connectivity index (χ4n) is 3.19. The fourth-order valence-corrected chi connectivity index (χ4v) is 4.31. The largest absolute Gasteiger partial charge is 0.456 e. The van der Waals surface area contributed by atoms with Crippen molar-refractivity contribution in [2.75, 3.05) is 13.2 Å². The van der Waals surface area contributed by atoms with E-state index in [1.807, 2.05) is 13.8 Å². The third-order valence-electron chi connectivity index (χ3n) is 5.07. The Labute approximate surface area is 171 Å². The van der Waals surface area contributed by atoms with Crippen LogP contribution in [0.15, 0.2) is 23.1 Å². The van der Waals surface area contributed by atoms with Crippen molar-refractivity contribution in [2.45, 2.75) is 62.8 Å². The van der Waals surface area contributed by atoms with Gasteiger partial charge in [-0.1, -0.05) is 25.3 Å². The molecule has 0 heterocycles. The van der Waals surface area contributed by atoms with Gasteiger partial charge in [0.2, 0.25) is 10.0 Å². The molecule has 9 heteroatoms. The molecule has 0 bridgehead atoms. The molecular formula is C20H27N3O5S. The summed E-state index contributed by atoms with van der Waals surface area (Å²) in [4.78, 5) is 23.9. The van der Waals surface area contributed by atoms with E-state index in [0.29, 0.717) is 12.8 Å². The zero-order chi connectivity index (χ0) is 21.5. The first kappa shape index (κ1) is 22.8. The highest BCUT2D eigenvalue weighted by Gasteiger charge is 2.33. The number of carbonyl (C=O) groups excluding carboxylic acids is 2. The van der Waals surface area contributed by atoms with Crippen LogP contribution in [0.3, 0.4) is 0 Å². The zero-order valence-electron chi connectivity index (χ0n) is 16.8. The van der Waals surface area contributed by atoms with Crippen molar-refractivity contribution >= 4 is 21.9 Å². The maximum atomic E-state index is 12.3. The van der Waals surface area contributed by atoms with Gasteiger partial charge in [-0.3, -0.25) is 9.59 Å². The Hall–Kier alpha value is -2.44. The average Bonchev–Trinajstić information content (AvgIpc) is 2.69. The summed E-state index contributed by atoms with van der Waals surface area (Å²) in [5.74, 6) is -1.23. The number of amides is 1. The van der Waals surface area contributed by atoms with Crippen LogP contribution in [0.2, 0.25) is 0 Å². The minimum absolute atomic E-state index is 0.127. The predicted molar refractivity (Wildman–Crippen MR) is 106 cm³/mol. The van der Waals surface area contributed by atoms with Crippen LogP contribution in [0.1, 0.15) is 49.7 Å². The highest BCUT2D eigenvalue weighted by atomic mass is 32.2. The van der Waals surface area contributed by atoms with Crippen LogP contribution in [-0.4, -0.2) is 39.0 Å². The third kappa shape index (κ3) is 6.54. The number of hydrogen-bond acceptors (Lipinski definition) is 6. The molecule has 0 aromatic heterocycles. The van der Waals surface area contributed by atoms with Gasteiger partial charge in [-0.25, -0.2) is 13.1 Å². The van der Waals surface area contributed by atoms with Crippen molar-refractivity contribution in [2.24, 2.45) is 0 Å². The number of aryl methyl sites for hydroxylation is 2. The second kappa shape index (κ2) is 9.85. The van der Waals surface area contributed by atoms with Crippen molar-refractivity contribution in [3.63, 3.8) is 0 Å². The molecule has 0 radical (unpaired) electrons. The standard InChI is InChI=1S/C20H27N3O5S/c1-15-6-7-17(12-16(15)2)29(26,27)22-11-8-19(25)28-13-18(24)23-20(14-21)9-4-3-5-10-20/h6-7,12,22H,3-5,8-11,13H2,1-2H3,(H,23,24). The van der Waals surface area contributed by atoms with E-state index in [-0.39, 0.29) is 17.9 Å². The number of nitrogens with zero attached hydrogens (tertiary/aromatic N) is 1. The van der Waals surface area contributed by atoms with Gasteiger partial charge in [-0.15, -0.1) is 0 Å². The number of hydrogen-bond donors (Lipinski definition) is 2. The summed E-state index contributed by atoms with van der Waals surface area (Å²) in [6.45, 7) is 3.07. The molecule has 1 aromatic carbocycles. The smallest absolute Gasteiger partial charge is 0.307 e. The summed E-state index contributed by atoms with van der Waals surface area (Å²) in [6.07, 6.45) is 3.74. The monoisotopic (exact) mass is 421 g/mol. The van der Waals surface area contributed by atoms with Crippen LogP contribution >= 0.6 is 0 Å². The Balaban J connectivity index is 1.76. The molecule has 1 fully saturated rings. The molecule has 8 nitrogen and oxygen atoms in total. The van der Waals surface area contributed by atoms with Crippen molar-refractivity contribution in [3.8, 4) is 6.07 Å². The van der Waals surface area contributed by atoms with E-state index in [1.165, 1.54) is 6.07 Å². The number of esters is 1. The van der Waals surface area contributed by atoms with Crippen molar-refractivity contribution in [3.05, 3.63) is 29.3 Å². The van der Waals surface area contributed by atoms with E-state index in [9.17, 15) is 23.3 Å². The number of benzene rings is 1. The van der Waals surface area contributed by atoms with Crippen molar-refractivity contribution in [1.29, 1.82) is 5.26 Å². The summed E-state index contributed by atoms with van der Waals surface area (Å²) in [5, 5.41) is 12.0. The molecule has 1 aliphatic rings. The van der Waals surface area contributed by atoms with E-state index in [0.717, 1.165) is 30.4 Å². The molecule has 1 saturated carbocycles. The molecule has 29 heavy (non-hydrogen) atoms. The maximum absolute atomic E-state index is 12.3. The first-order valence-electron chi connectivity index (χ1n) is 9.62. The summed E-state index contributed by atoms with van der Waals surface area (Å²) in [6, 6.07) is 6.95. The van der Waals surface area contributed by atoms with Gasteiger partial charge in [0.1, 0.15) is 5.54 Å². The van der Waals surface area contributed by atoms with Crippen LogP contribution in [0.4, 0.5) is 0 Å². The van der Waals surface area contributed by atoms with Gasteiger partial charge in [0.15, 0.2) is 6.61 Å². The molecule has 2 rings (SSSR count). The molecule has 2 N–H and O–H groups in total. The van der Waals surface area contributed by atoms with Crippen LogP contribution < -0.4 is 10.0 Å². The van der Waals surface area contributed by atoms with E-state index >= 15 is 0 Å². The van der Waals surface area contributed by atoms with Crippen LogP contribution in [0.5, 0.6) is 0 Å². The normalized spacial score (nSPS) is 15.9.